The summed E-state index contributed by atoms with van der Waals surface area (Å²) in [6.07, 6.45) is 0.354. The highest BCUT2D eigenvalue weighted by Crippen LogP contribution is 2.34. The molecule has 1 saturated heterocycles. The largest absolute Gasteiger partial charge is 0.507 e. The van der Waals surface area contributed by atoms with Gasteiger partial charge in [-0.25, -0.2) is 4.98 Å². The lowest BCUT2D eigenvalue weighted by Crippen LogP contribution is -2.24. The average Bonchev–Trinajstić information content (AvgIpc) is 2.96. The number of anilines is 1. The number of phenolic OH excluding ortho intramolecular Hbond substituents is 1. The van der Waals surface area contributed by atoms with Crippen LogP contribution in [0.1, 0.15) is 6.42 Å². The molecule has 0 aliphatic carbocycles. The van der Waals surface area contributed by atoms with Crippen molar-refractivity contribution in [3.05, 3.63) is 29.6 Å². The van der Waals surface area contributed by atoms with Gasteiger partial charge in [0.25, 0.3) is 0 Å². The highest BCUT2D eigenvalue weighted by atomic mass is 35.5. The zero-order chi connectivity index (χ0) is 13.4. The minimum Gasteiger partial charge on any atom is -0.507 e. The molecule has 1 aromatic carbocycles. The Labute approximate surface area is 119 Å². The normalized spacial score (nSPS) is 19.1. The van der Waals surface area contributed by atoms with Crippen molar-refractivity contribution in [3.8, 4) is 17.0 Å². The van der Waals surface area contributed by atoms with Gasteiger partial charge in [-0.2, -0.15) is 0 Å². The summed E-state index contributed by atoms with van der Waals surface area (Å²) in [5.41, 5.74) is 1.34. The van der Waals surface area contributed by atoms with Gasteiger partial charge in [0.1, 0.15) is 5.75 Å². The summed E-state index contributed by atoms with van der Waals surface area (Å²) in [5, 5.41) is 12.1. The molecule has 2 aromatic rings. The maximum absolute atomic E-state index is 11.8. The summed E-state index contributed by atoms with van der Waals surface area (Å²) in [7, 11) is 0. The van der Waals surface area contributed by atoms with Crippen molar-refractivity contribution in [2.24, 2.45) is 0 Å². The highest BCUT2D eigenvalue weighted by Gasteiger charge is 2.31. The van der Waals surface area contributed by atoms with Gasteiger partial charge in [-0.05, 0) is 12.1 Å². The Balaban J connectivity index is 1.92. The number of benzene rings is 1. The topological polar surface area (TPSA) is 53.4 Å². The number of rotatable bonds is 2. The SMILES string of the molecule is O=C1CC(Cl)CN1c1nc(-c2ccccc2O)cs1. The summed E-state index contributed by atoms with van der Waals surface area (Å²) in [6.45, 7) is 0.494. The van der Waals surface area contributed by atoms with E-state index < -0.39 is 0 Å². The first-order valence-corrected chi connectivity index (χ1v) is 7.15. The van der Waals surface area contributed by atoms with Crippen LogP contribution in [0.3, 0.4) is 0 Å². The van der Waals surface area contributed by atoms with E-state index in [4.69, 9.17) is 11.6 Å². The molecule has 1 aliphatic heterocycles. The molecule has 19 heavy (non-hydrogen) atoms. The van der Waals surface area contributed by atoms with Crippen LogP contribution >= 0.6 is 22.9 Å². The summed E-state index contributed by atoms with van der Waals surface area (Å²) < 4.78 is 0. The average molecular weight is 295 g/mol. The number of hydrogen-bond acceptors (Lipinski definition) is 4. The fourth-order valence-electron chi connectivity index (χ4n) is 2.05. The van der Waals surface area contributed by atoms with Gasteiger partial charge in [0.15, 0.2) is 5.13 Å². The van der Waals surface area contributed by atoms with Gasteiger partial charge in [0.2, 0.25) is 5.91 Å². The molecule has 2 heterocycles. The molecule has 3 rings (SSSR count). The van der Waals surface area contributed by atoms with Crippen LogP contribution in [0.2, 0.25) is 0 Å². The maximum atomic E-state index is 11.8. The van der Waals surface area contributed by atoms with Crippen molar-refractivity contribution < 1.29 is 9.90 Å². The van der Waals surface area contributed by atoms with E-state index in [0.717, 1.165) is 0 Å². The van der Waals surface area contributed by atoms with Crippen LogP contribution in [0.25, 0.3) is 11.3 Å². The number of phenols is 1. The lowest BCUT2D eigenvalue weighted by Gasteiger charge is -2.10. The van der Waals surface area contributed by atoms with Crippen molar-refractivity contribution in [3.63, 3.8) is 0 Å². The van der Waals surface area contributed by atoms with E-state index in [2.05, 4.69) is 4.98 Å². The quantitative estimate of drug-likeness (QED) is 0.867. The van der Waals surface area contributed by atoms with E-state index in [-0.39, 0.29) is 17.0 Å². The van der Waals surface area contributed by atoms with Gasteiger partial charge >= 0.3 is 0 Å². The summed E-state index contributed by atoms with van der Waals surface area (Å²) in [6, 6.07) is 7.01. The van der Waals surface area contributed by atoms with Crippen molar-refractivity contribution in [2.75, 3.05) is 11.4 Å². The number of para-hydroxylation sites is 1. The molecule has 1 N–H and O–H groups in total. The number of halogens is 1. The van der Waals surface area contributed by atoms with Gasteiger partial charge in [-0.15, -0.1) is 22.9 Å². The number of amides is 1. The Morgan fingerprint density at radius 1 is 1.42 bits per heavy atom. The molecule has 1 fully saturated rings. The van der Waals surface area contributed by atoms with Crippen LogP contribution in [0.4, 0.5) is 5.13 Å². The monoisotopic (exact) mass is 294 g/mol. The first-order valence-electron chi connectivity index (χ1n) is 5.83. The molecule has 1 aliphatic rings. The highest BCUT2D eigenvalue weighted by molar-refractivity contribution is 7.14. The van der Waals surface area contributed by atoms with Crippen molar-refractivity contribution in [1.82, 2.24) is 4.98 Å². The van der Waals surface area contributed by atoms with E-state index in [1.807, 2.05) is 11.4 Å². The van der Waals surface area contributed by atoms with Crippen LogP contribution in [0, 0.1) is 0 Å². The minimum absolute atomic E-state index is 0.00168. The fourth-order valence-corrected chi connectivity index (χ4v) is 3.17. The molecule has 1 aromatic heterocycles. The number of hydrogen-bond donors (Lipinski definition) is 1. The van der Waals surface area contributed by atoms with Crippen molar-refractivity contribution in [2.45, 2.75) is 11.8 Å². The molecular formula is C13H11ClN2O2S. The Kier molecular flexibility index (Phi) is 3.16. The van der Waals surface area contributed by atoms with E-state index in [1.54, 1.807) is 23.1 Å². The third-order valence-corrected chi connectivity index (χ3v) is 4.14. The van der Waals surface area contributed by atoms with Crippen LogP contribution in [-0.2, 0) is 4.79 Å². The van der Waals surface area contributed by atoms with Gasteiger partial charge in [0.05, 0.1) is 11.1 Å². The molecule has 1 amide bonds. The Morgan fingerprint density at radius 3 is 2.89 bits per heavy atom. The third-order valence-electron chi connectivity index (χ3n) is 2.98. The zero-order valence-corrected chi connectivity index (χ0v) is 11.5. The summed E-state index contributed by atoms with van der Waals surface area (Å²) in [4.78, 5) is 17.8. The second-order valence-electron chi connectivity index (χ2n) is 4.34. The molecule has 0 bridgehead atoms. The van der Waals surface area contributed by atoms with Crippen molar-refractivity contribution in [1.29, 1.82) is 0 Å². The van der Waals surface area contributed by atoms with Crippen molar-refractivity contribution >= 4 is 34.0 Å². The molecule has 0 saturated carbocycles. The smallest absolute Gasteiger partial charge is 0.230 e. The van der Waals surface area contributed by atoms with E-state index >= 15 is 0 Å². The maximum Gasteiger partial charge on any atom is 0.230 e. The lowest BCUT2D eigenvalue weighted by molar-refractivity contribution is -0.117. The lowest BCUT2D eigenvalue weighted by atomic mass is 10.1. The van der Waals surface area contributed by atoms with Crippen LogP contribution < -0.4 is 4.90 Å². The molecule has 0 radical (unpaired) electrons. The molecule has 4 nitrogen and oxygen atoms in total. The number of alkyl halides is 1. The van der Waals surface area contributed by atoms with Gasteiger partial charge in [0, 0.05) is 23.9 Å². The van der Waals surface area contributed by atoms with E-state index in [1.165, 1.54) is 11.3 Å². The van der Waals surface area contributed by atoms with E-state index in [0.29, 0.717) is 29.4 Å². The Morgan fingerprint density at radius 2 is 2.21 bits per heavy atom. The Hall–Kier alpha value is -1.59. The number of thiazole rings is 1. The van der Waals surface area contributed by atoms with E-state index in [9.17, 15) is 9.90 Å². The predicted octanol–water partition coefficient (Wildman–Crippen LogP) is 2.86. The fraction of sp³-hybridized carbons (Fsp3) is 0.231. The molecule has 1 unspecified atom stereocenters. The standard InChI is InChI=1S/C13H11ClN2O2S/c14-8-5-12(18)16(6-8)13-15-10(7-19-13)9-3-1-2-4-11(9)17/h1-4,7-8,17H,5-6H2. The summed E-state index contributed by atoms with van der Waals surface area (Å²) in [5.74, 6) is 0.181. The van der Waals surface area contributed by atoms with Crippen LogP contribution in [-0.4, -0.2) is 27.9 Å². The summed E-state index contributed by atoms with van der Waals surface area (Å²) >= 11 is 7.36. The van der Waals surface area contributed by atoms with Crippen LogP contribution in [0.5, 0.6) is 5.75 Å². The number of aromatic hydroxyl groups is 1. The molecule has 0 spiro atoms. The second-order valence-corrected chi connectivity index (χ2v) is 5.79. The predicted molar refractivity (Wildman–Crippen MR) is 75.8 cm³/mol. The number of carbonyl (C=O) groups is 1. The zero-order valence-electron chi connectivity index (χ0n) is 9.91. The second kappa shape index (κ2) is 4.83. The number of nitrogens with zero attached hydrogens (tertiary/aromatic N) is 2. The van der Waals surface area contributed by atoms with Crippen LogP contribution in [0.15, 0.2) is 29.6 Å². The van der Waals surface area contributed by atoms with Gasteiger partial charge in [-0.3, -0.25) is 9.69 Å². The van der Waals surface area contributed by atoms with Gasteiger partial charge in [-0.1, -0.05) is 12.1 Å². The molecule has 6 heteroatoms. The molecule has 1 atom stereocenters. The molecular weight excluding hydrogens is 284 g/mol. The minimum atomic E-state index is -0.148. The van der Waals surface area contributed by atoms with Gasteiger partial charge < -0.3 is 5.11 Å². The first-order chi connectivity index (χ1) is 9.15. The Bertz CT molecular complexity index is 629. The number of carbonyl (C=O) groups excluding carboxylic acids is 1. The molecule has 98 valence electrons. The number of aromatic nitrogens is 1. The third kappa shape index (κ3) is 2.31. The first kappa shape index (κ1) is 12.4.